The third-order valence-electron chi connectivity index (χ3n) is 2.58. The monoisotopic (exact) mass is 145 g/mol. The van der Waals surface area contributed by atoms with Gasteiger partial charge in [-0.2, -0.15) is 0 Å². The summed E-state index contributed by atoms with van der Waals surface area (Å²) in [6.45, 7) is 2.16. The molecule has 1 radical (unpaired) electrons. The fourth-order valence-electron chi connectivity index (χ4n) is 1.94. The molecule has 0 spiro atoms. The highest BCUT2D eigenvalue weighted by atomic mass is 14.2. The molecule has 1 unspecified atom stereocenters. The van der Waals surface area contributed by atoms with Crippen LogP contribution in [0, 0.1) is 6.42 Å². The maximum Gasteiger partial charge on any atom is -0.0128 e. The fourth-order valence-corrected chi connectivity index (χ4v) is 1.94. The Morgan fingerprint density at radius 1 is 1.36 bits per heavy atom. The van der Waals surface area contributed by atoms with E-state index < -0.39 is 0 Å². The van der Waals surface area contributed by atoms with Gasteiger partial charge in [-0.1, -0.05) is 31.2 Å². The first kappa shape index (κ1) is 6.90. The lowest BCUT2D eigenvalue weighted by atomic mass is 9.99. The van der Waals surface area contributed by atoms with Crippen molar-refractivity contribution in [1.29, 1.82) is 0 Å². The molecule has 0 amide bonds. The van der Waals surface area contributed by atoms with E-state index in [0.717, 1.165) is 5.92 Å². The second-order valence-electron chi connectivity index (χ2n) is 3.18. The van der Waals surface area contributed by atoms with Gasteiger partial charge in [0.25, 0.3) is 0 Å². The summed E-state index contributed by atoms with van der Waals surface area (Å²) in [5, 5.41) is 0. The molecule has 11 heavy (non-hydrogen) atoms. The fraction of sp³-hybridized carbons (Fsp3) is 0.364. The Balaban J connectivity index is 2.39. The number of hydrogen-bond acceptors (Lipinski definition) is 0. The molecule has 1 aliphatic rings. The van der Waals surface area contributed by atoms with Gasteiger partial charge in [0.15, 0.2) is 0 Å². The van der Waals surface area contributed by atoms with Crippen LogP contribution in [0.4, 0.5) is 0 Å². The van der Waals surface area contributed by atoms with Crippen molar-refractivity contribution < 1.29 is 0 Å². The number of hydrogen-bond donors (Lipinski definition) is 0. The molecule has 2 rings (SSSR count). The Labute approximate surface area is 68.3 Å². The van der Waals surface area contributed by atoms with Crippen molar-refractivity contribution in [2.24, 2.45) is 0 Å². The topological polar surface area (TPSA) is 0 Å². The predicted molar refractivity (Wildman–Crippen MR) is 47.5 cm³/mol. The van der Waals surface area contributed by atoms with Crippen LogP contribution in [0.2, 0.25) is 0 Å². The summed E-state index contributed by atoms with van der Waals surface area (Å²) >= 11 is 0. The SMILES string of the molecule is C[CH]C1CCc2ccccc21. The van der Waals surface area contributed by atoms with Gasteiger partial charge in [0.05, 0.1) is 0 Å². The van der Waals surface area contributed by atoms with E-state index >= 15 is 0 Å². The molecular weight excluding hydrogens is 132 g/mol. The average Bonchev–Trinajstić information content (AvgIpc) is 2.47. The van der Waals surface area contributed by atoms with E-state index in [-0.39, 0.29) is 0 Å². The summed E-state index contributed by atoms with van der Waals surface area (Å²) in [5.74, 6) is 0.728. The number of fused-ring (bicyclic) bond motifs is 1. The first-order valence-electron chi connectivity index (χ1n) is 4.29. The molecule has 0 saturated heterocycles. The Bertz CT molecular complexity index is 250. The first-order chi connectivity index (χ1) is 5.42. The summed E-state index contributed by atoms with van der Waals surface area (Å²) in [4.78, 5) is 0. The molecule has 0 aromatic heterocycles. The largest absolute Gasteiger partial charge is 0.0620 e. The quantitative estimate of drug-likeness (QED) is 0.570. The third kappa shape index (κ3) is 1.07. The van der Waals surface area contributed by atoms with Crippen molar-refractivity contribution >= 4 is 0 Å². The zero-order valence-corrected chi connectivity index (χ0v) is 6.88. The smallest absolute Gasteiger partial charge is 0.0128 e. The van der Waals surface area contributed by atoms with E-state index in [1.165, 1.54) is 12.8 Å². The Kier molecular flexibility index (Phi) is 1.69. The van der Waals surface area contributed by atoms with Crippen molar-refractivity contribution in [3.8, 4) is 0 Å². The van der Waals surface area contributed by atoms with Crippen LogP contribution in [0.1, 0.15) is 30.4 Å². The van der Waals surface area contributed by atoms with Gasteiger partial charge in [-0.05, 0) is 36.3 Å². The second-order valence-corrected chi connectivity index (χ2v) is 3.18. The van der Waals surface area contributed by atoms with Crippen LogP contribution in [-0.2, 0) is 6.42 Å². The van der Waals surface area contributed by atoms with Crippen LogP contribution >= 0.6 is 0 Å². The second kappa shape index (κ2) is 2.69. The molecule has 1 aromatic rings. The number of benzene rings is 1. The van der Waals surface area contributed by atoms with Gasteiger partial charge < -0.3 is 0 Å². The predicted octanol–water partition coefficient (Wildman–Crippen LogP) is 2.94. The maximum absolute atomic E-state index is 2.31. The van der Waals surface area contributed by atoms with E-state index in [4.69, 9.17) is 0 Å². The highest BCUT2D eigenvalue weighted by Crippen LogP contribution is 2.34. The molecule has 1 aliphatic carbocycles. The van der Waals surface area contributed by atoms with E-state index in [1.54, 1.807) is 11.1 Å². The molecule has 0 saturated carbocycles. The minimum absolute atomic E-state index is 0.728. The van der Waals surface area contributed by atoms with Crippen LogP contribution in [-0.4, -0.2) is 0 Å². The van der Waals surface area contributed by atoms with Crippen LogP contribution < -0.4 is 0 Å². The van der Waals surface area contributed by atoms with Crippen molar-refractivity contribution in [1.82, 2.24) is 0 Å². The standard InChI is InChI=1S/C11H13/c1-2-9-7-8-10-5-3-4-6-11(9)10/h2-6,9H,7-8H2,1H3. The summed E-state index contributed by atoms with van der Waals surface area (Å²) in [6.07, 6.45) is 4.90. The molecule has 0 aliphatic heterocycles. The molecule has 1 atom stereocenters. The summed E-state index contributed by atoms with van der Waals surface area (Å²) in [5.41, 5.74) is 3.10. The number of rotatable bonds is 1. The van der Waals surface area contributed by atoms with Crippen molar-refractivity contribution in [2.45, 2.75) is 25.7 Å². The van der Waals surface area contributed by atoms with Gasteiger partial charge >= 0.3 is 0 Å². The van der Waals surface area contributed by atoms with Gasteiger partial charge in [0, 0.05) is 0 Å². The molecule has 0 N–H and O–H groups in total. The zero-order chi connectivity index (χ0) is 7.68. The lowest BCUT2D eigenvalue weighted by molar-refractivity contribution is 0.766. The minimum Gasteiger partial charge on any atom is -0.0620 e. The van der Waals surface area contributed by atoms with Crippen molar-refractivity contribution in [3.05, 3.63) is 41.8 Å². The third-order valence-corrected chi connectivity index (χ3v) is 2.58. The highest BCUT2D eigenvalue weighted by Gasteiger charge is 2.19. The number of aryl methyl sites for hydroxylation is 1. The Hall–Kier alpha value is -0.780. The van der Waals surface area contributed by atoms with Gasteiger partial charge in [-0.3, -0.25) is 0 Å². The van der Waals surface area contributed by atoms with Crippen molar-refractivity contribution in [2.75, 3.05) is 0 Å². The van der Waals surface area contributed by atoms with Crippen LogP contribution in [0.5, 0.6) is 0 Å². The summed E-state index contributed by atoms with van der Waals surface area (Å²) in [6, 6.07) is 8.78. The van der Waals surface area contributed by atoms with Crippen molar-refractivity contribution in [3.63, 3.8) is 0 Å². The van der Waals surface area contributed by atoms with Crippen LogP contribution in [0.25, 0.3) is 0 Å². The summed E-state index contributed by atoms with van der Waals surface area (Å²) in [7, 11) is 0. The Morgan fingerprint density at radius 3 is 3.00 bits per heavy atom. The zero-order valence-electron chi connectivity index (χ0n) is 6.88. The van der Waals surface area contributed by atoms with Crippen LogP contribution in [0.15, 0.2) is 24.3 Å². The Morgan fingerprint density at radius 2 is 2.18 bits per heavy atom. The highest BCUT2D eigenvalue weighted by molar-refractivity contribution is 5.36. The van der Waals surface area contributed by atoms with E-state index in [1.807, 2.05) is 0 Å². The molecule has 0 fully saturated rings. The molecule has 57 valence electrons. The van der Waals surface area contributed by atoms with Crippen LogP contribution in [0.3, 0.4) is 0 Å². The average molecular weight is 145 g/mol. The molecule has 1 aromatic carbocycles. The lowest BCUT2D eigenvalue weighted by Crippen LogP contribution is -1.89. The molecule has 0 nitrogen and oxygen atoms in total. The van der Waals surface area contributed by atoms with Gasteiger partial charge in [0.2, 0.25) is 0 Å². The van der Waals surface area contributed by atoms with E-state index in [2.05, 4.69) is 37.6 Å². The van der Waals surface area contributed by atoms with Gasteiger partial charge in [0.1, 0.15) is 0 Å². The molecule has 0 heterocycles. The van der Waals surface area contributed by atoms with Gasteiger partial charge in [-0.25, -0.2) is 0 Å². The minimum atomic E-state index is 0.728. The molecule has 0 bridgehead atoms. The van der Waals surface area contributed by atoms with Gasteiger partial charge in [-0.15, -0.1) is 0 Å². The van der Waals surface area contributed by atoms with E-state index in [0.29, 0.717) is 0 Å². The first-order valence-corrected chi connectivity index (χ1v) is 4.29. The summed E-state index contributed by atoms with van der Waals surface area (Å²) < 4.78 is 0. The molecular formula is C11H13. The normalized spacial score (nSPS) is 21.7. The molecule has 0 heteroatoms. The van der Waals surface area contributed by atoms with E-state index in [9.17, 15) is 0 Å². The maximum atomic E-state index is 2.31. The lowest BCUT2D eigenvalue weighted by Gasteiger charge is -2.05.